The molecule has 0 saturated carbocycles. The monoisotopic (exact) mass is 293 g/mol. The number of hydrogen-bond acceptors (Lipinski definition) is 4. The first-order chi connectivity index (χ1) is 10.1. The normalized spacial score (nSPS) is 24.5. The van der Waals surface area contributed by atoms with Gasteiger partial charge in [-0.25, -0.2) is 4.79 Å². The zero-order valence-corrected chi connectivity index (χ0v) is 11.9. The van der Waals surface area contributed by atoms with Crippen LogP contribution in [0.5, 0.6) is 17.2 Å². The molecule has 0 aliphatic carbocycles. The van der Waals surface area contributed by atoms with E-state index in [1.165, 1.54) is 4.90 Å². The number of carboxylic acid groups (broad SMARTS) is 1. The van der Waals surface area contributed by atoms with Gasteiger partial charge in [-0.3, -0.25) is 0 Å². The van der Waals surface area contributed by atoms with Crippen molar-refractivity contribution in [2.45, 2.75) is 19.4 Å². The largest absolute Gasteiger partial charge is 0.490 e. The van der Waals surface area contributed by atoms with Gasteiger partial charge in [0.15, 0.2) is 11.5 Å². The molecule has 3 rings (SSSR count). The van der Waals surface area contributed by atoms with Gasteiger partial charge in [0.05, 0.1) is 0 Å². The average molecular weight is 293 g/mol. The van der Waals surface area contributed by atoms with Gasteiger partial charge in [0.25, 0.3) is 0 Å². The second kappa shape index (κ2) is 5.71. The first-order valence-corrected chi connectivity index (χ1v) is 7.17. The summed E-state index contributed by atoms with van der Waals surface area (Å²) in [5, 5.41) is 9.02. The Morgan fingerprint density at radius 1 is 1.33 bits per heavy atom. The van der Waals surface area contributed by atoms with Crippen LogP contribution in [0.2, 0.25) is 0 Å². The van der Waals surface area contributed by atoms with Crippen molar-refractivity contribution < 1.29 is 24.1 Å². The fraction of sp³-hybridized carbons (Fsp3) is 0.533. The molecule has 1 fully saturated rings. The van der Waals surface area contributed by atoms with Gasteiger partial charge < -0.3 is 24.2 Å². The Balaban J connectivity index is 1.65. The summed E-state index contributed by atoms with van der Waals surface area (Å²) in [6.45, 7) is 4.14. The molecule has 1 aromatic rings. The SMILES string of the molecule is CC1CN(C(=O)O)CCC1Oc1ccc2c(c1)OCCO2. The van der Waals surface area contributed by atoms with Crippen molar-refractivity contribution in [1.82, 2.24) is 4.90 Å². The smallest absolute Gasteiger partial charge is 0.407 e. The molecule has 2 unspecified atom stereocenters. The van der Waals surface area contributed by atoms with Gasteiger partial charge in [0.1, 0.15) is 25.1 Å². The first kappa shape index (κ1) is 13.9. The van der Waals surface area contributed by atoms with E-state index in [-0.39, 0.29) is 12.0 Å². The summed E-state index contributed by atoms with van der Waals surface area (Å²) < 4.78 is 17.0. The summed E-state index contributed by atoms with van der Waals surface area (Å²) in [7, 11) is 0. The Morgan fingerprint density at radius 3 is 2.81 bits per heavy atom. The highest BCUT2D eigenvalue weighted by atomic mass is 16.6. The van der Waals surface area contributed by atoms with Crippen LogP contribution in [-0.2, 0) is 0 Å². The third-order valence-corrected chi connectivity index (χ3v) is 3.90. The number of benzene rings is 1. The van der Waals surface area contributed by atoms with E-state index in [0.717, 1.165) is 11.5 Å². The molecule has 1 amide bonds. The van der Waals surface area contributed by atoms with Crippen LogP contribution < -0.4 is 14.2 Å². The standard InChI is InChI=1S/C15H19NO5/c1-10-9-16(15(17)18)5-4-12(10)21-11-2-3-13-14(8-11)20-7-6-19-13/h2-3,8,10,12H,4-7,9H2,1H3,(H,17,18). The highest BCUT2D eigenvalue weighted by Crippen LogP contribution is 2.34. The quantitative estimate of drug-likeness (QED) is 0.905. The molecule has 0 spiro atoms. The Kier molecular flexibility index (Phi) is 3.77. The minimum atomic E-state index is -0.861. The number of likely N-dealkylation sites (tertiary alicyclic amines) is 1. The lowest BCUT2D eigenvalue weighted by Gasteiger charge is -2.35. The predicted molar refractivity (Wildman–Crippen MR) is 75.2 cm³/mol. The average Bonchev–Trinajstić information content (AvgIpc) is 2.49. The van der Waals surface area contributed by atoms with E-state index in [4.69, 9.17) is 19.3 Å². The molecule has 2 aliphatic rings. The van der Waals surface area contributed by atoms with Gasteiger partial charge in [0, 0.05) is 31.5 Å². The van der Waals surface area contributed by atoms with Crippen LogP contribution in [0.3, 0.4) is 0 Å². The number of hydrogen-bond donors (Lipinski definition) is 1. The molecule has 21 heavy (non-hydrogen) atoms. The van der Waals surface area contributed by atoms with E-state index in [1.807, 2.05) is 25.1 Å². The fourth-order valence-corrected chi connectivity index (χ4v) is 2.74. The highest BCUT2D eigenvalue weighted by Gasteiger charge is 2.30. The molecule has 6 nitrogen and oxygen atoms in total. The van der Waals surface area contributed by atoms with E-state index in [1.54, 1.807) is 0 Å². The van der Waals surface area contributed by atoms with Crippen molar-refractivity contribution in [3.8, 4) is 17.2 Å². The lowest BCUT2D eigenvalue weighted by Crippen LogP contribution is -2.46. The summed E-state index contributed by atoms with van der Waals surface area (Å²) >= 11 is 0. The highest BCUT2D eigenvalue weighted by molar-refractivity contribution is 5.65. The first-order valence-electron chi connectivity index (χ1n) is 7.17. The molecular weight excluding hydrogens is 274 g/mol. The second-order valence-corrected chi connectivity index (χ2v) is 5.46. The van der Waals surface area contributed by atoms with Crippen LogP contribution in [0.25, 0.3) is 0 Å². The summed E-state index contributed by atoms with van der Waals surface area (Å²) in [5.41, 5.74) is 0. The van der Waals surface area contributed by atoms with Crippen LogP contribution in [0.4, 0.5) is 4.79 Å². The predicted octanol–water partition coefficient (Wildman–Crippen LogP) is 2.23. The van der Waals surface area contributed by atoms with Crippen molar-refractivity contribution in [1.29, 1.82) is 0 Å². The van der Waals surface area contributed by atoms with Crippen molar-refractivity contribution in [3.63, 3.8) is 0 Å². The fourth-order valence-electron chi connectivity index (χ4n) is 2.74. The van der Waals surface area contributed by atoms with Crippen LogP contribution in [0.1, 0.15) is 13.3 Å². The second-order valence-electron chi connectivity index (χ2n) is 5.46. The summed E-state index contributed by atoms with van der Waals surface area (Å²) in [5.74, 6) is 2.33. The van der Waals surface area contributed by atoms with Crippen LogP contribution in [0, 0.1) is 5.92 Å². The lowest BCUT2D eigenvalue weighted by atomic mass is 9.97. The maximum Gasteiger partial charge on any atom is 0.407 e. The third-order valence-electron chi connectivity index (χ3n) is 3.90. The van der Waals surface area contributed by atoms with E-state index < -0.39 is 6.09 Å². The molecule has 0 bridgehead atoms. The zero-order chi connectivity index (χ0) is 14.8. The van der Waals surface area contributed by atoms with E-state index >= 15 is 0 Å². The molecule has 1 saturated heterocycles. The topological polar surface area (TPSA) is 68.2 Å². The zero-order valence-electron chi connectivity index (χ0n) is 11.9. The van der Waals surface area contributed by atoms with E-state index in [0.29, 0.717) is 38.5 Å². The molecule has 2 aliphatic heterocycles. The number of carbonyl (C=O) groups is 1. The number of rotatable bonds is 2. The van der Waals surface area contributed by atoms with Gasteiger partial charge >= 0.3 is 6.09 Å². The van der Waals surface area contributed by atoms with Gasteiger partial charge in [-0.1, -0.05) is 6.92 Å². The number of fused-ring (bicyclic) bond motifs is 1. The molecule has 1 N–H and O–H groups in total. The number of amides is 1. The van der Waals surface area contributed by atoms with Crippen molar-refractivity contribution in [3.05, 3.63) is 18.2 Å². The molecular formula is C15H19NO5. The van der Waals surface area contributed by atoms with Gasteiger partial charge in [-0.15, -0.1) is 0 Å². The third kappa shape index (κ3) is 2.99. The minimum absolute atomic E-state index is 0.0168. The maximum atomic E-state index is 11.0. The Bertz CT molecular complexity index is 533. The number of nitrogens with zero attached hydrogens (tertiary/aromatic N) is 1. The van der Waals surface area contributed by atoms with Crippen molar-refractivity contribution >= 4 is 6.09 Å². The summed E-state index contributed by atoms with van der Waals surface area (Å²) in [6, 6.07) is 5.55. The molecule has 6 heteroatoms. The van der Waals surface area contributed by atoms with Crippen LogP contribution >= 0.6 is 0 Å². The summed E-state index contributed by atoms with van der Waals surface area (Å²) in [6.07, 6.45) is -0.148. The molecule has 1 aromatic carbocycles. The van der Waals surface area contributed by atoms with Gasteiger partial charge in [-0.2, -0.15) is 0 Å². The number of piperidine rings is 1. The minimum Gasteiger partial charge on any atom is -0.490 e. The molecule has 0 aromatic heterocycles. The Hall–Kier alpha value is -2.11. The van der Waals surface area contributed by atoms with Gasteiger partial charge in [-0.05, 0) is 12.1 Å². The van der Waals surface area contributed by atoms with E-state index in [9.17, 15) is 4.79 Å². The Morgan fingerprint density at radius 2 is 2.10 bits per heavy atom. The van der Waals surface area contributed by atoms with E-state index in [2.05, 4.69) is 0 Å². The van der Waals surface area contributed by atoms with Crippen molar-refractivity contribution in [2.75, 3.05) is 26.3 Å². The molecule has 114 valence electrons. The molecule has 2 heterocycles. The Labute approximate surface area is 123 Å². The molecule has 2 atom stereocenters. The number of ether oxygens (including phenoxy) is 3. The molecule has 0 radical (unpaired) electrons. The lowest BCUT2D eigenvalue weighted by molar-refractivity contribution is 0.0516. The van der Waals surface area contributed by atoms with Gasteiger partial charge in [0.2, 0.25) is 0 Å². The summed E-state index contributed by atoms with van der Waals surface area (Å²) in [4.78, 5) is 12.4. The van der Waals surface area contributed by atoms with Crippen LogP contribution in [0.15, 0.2) is 18.2 Å². The van der Waals surface area contributed by atoms with Crippen molar-refractivity contribution in [2.24, 2.45) is 5.92 Å². The van der Waals surface area contributed by atoms with Crippen LogP contribution in [-0.4, -0.2) is 48.5 Å². The maximum absolute atomic E-state index is 11.0.